The molecule has 4 rings (SSSR count). The second kappa shape index (κ2) is 6.87. The molecule has 2 heterocycles. The number of nitrogens with zero attached hydrogens (tertiary/aromatic N) is 2. The smallest absolute Gasteiger partial charge is 0.261 e. The third-order valence-electron chi connectivity index (χ3n) is 5.23. The molecular formula is C21H21N3O3. The van der Waals surface area contributed by atoms with Crippen LogP contribution in [0.4, 0.5) is 5.69 Å². The van der Waals surface area contributed by atoms with Gasteiger partial charge in [0.25, 0.3) is 17.7 Å². The summed E-state index contributed by atoms with van der Waals surface area (Å²) in [5, 5.41) is 2.90. The minimum absolute atomic E-state index is 0.227. The van der Waals surface area contributed by atoms with E-state index in [4.69, 9.17) is 0 Å². The van der Waals surface area contributed by atoms with E-state index in [-0.39, 0.29) is 17.7 Å². The lowest BCUT2D eigenvalue weighted by atomic mass is 10.1. The highest BCUT2D eigenvalue weighted by Crippen LogP contribution is 2.27. The zero-order valence-corrected chi connectivity index (χ0v) is 15.2. The first-order valence-corrected chi connectivity index (χ1v) is 9.14. The summed E-state index contributed by atoms with van der Waals surface area (Å²) in [7, 11) is 1.45. The minimum Gasteiger partial charge on any atom is -0.371 e. The molecule has 2 aromatic rings. The van der Waals surface area contributed by atoms with Crippen molar-refractivity contribution in [1.82, 2.24) is 10.2 Å². The van der Waals surface area contributed by atoms with E-state index in [1.54, 1.807) is 12.1 Å². The van der Waals surface area contributed by atoms with E-state index in [0.717, 1.165) is 30.8 Å². The Labute approximate surface area is 157 Å². The number of imide groups is 1. The first-order valence-electron chi connectivity index (χ1n) is 9.14. The maximum Gasteiger partial charge on any atom is 0.261 e. The zero-order chi connectivity index (χ0) is 19.0. The quantitative estimate of drug-likeness (QED) is 0.652. The van der Waals surface area contributed by atoms with Crippen LogP contribution in [0.15, 0.2) is 42.5 Å². The second-order valence-electron chi connectivity index (χ2n) is 6.90. The van der Waals surface area contributed by atoms with E-state index in [1.165, 1.54) is 24.4 Å². The summed E-state index contributed by atoms with van der Waals surface area (Å²) >= 11 is 0. The summed E-state index contributed by atoms with van der Waals surface area (Å²) in [6, 6.07) is 13.1. The molecule has 0 radical (unpaired) electrons. The van der Waals surface area contributed by atoms with Gasteiger partial charge in [-0.15, -0.1) is 0 Å². The highest BCUT2D eigenvalue weighted by Gasteiger charge is 2.33. The molecule has 2 aliphatic heterocycles. The van der Waals surface area contributed by atoms with Gasteiger partial charge in [0.2, 0.25) is 0 Å². The number of para-hydroxylation sites is 1. The molecule has 0 bridgehead atoms. The molecule has 3 amide bonds. The number of amides is 3. The number of anilines is 1. The standard InChI is InChI=1S/C21H21N3O3/c1-23-20(26)16-8-7-15(13-17(16)21(23)27)19(25)22-10-4-11-24-12-9-14-5-2-3-6-18(14)24/h2-3,5-8,13H,4,9-12H2,1H3,(H,22,25). The molecule has 0 saturated heterocycles. The topological polar surface area (TPSA) is 69.7 Å². The molecule has 0 aliphatic carbocycles. The van der Waals surface area contributed by atoms with Gasteiger partial charge in [-0.25, -0.2) is 0 Å². The summed E-state index contributed by atoms with van der Waals surface area (Å²) in [5.74, 6) is -0.917. The van der Waals surface area contributed by atoms with Crippen LogP contribution >= 0.6 is 0 Å². The number of rotatable bonds is 5. The number of carbonyl (C=O) groups is 3. The van der Waals surface area contributed by atoms with Gasteiger partial charge in [0.05, 0.1) is 11.1 Å². The highest BCUT2D eigenvalue weighted by atomic mass is 16.2. The molecule has 138 valence electrons. The van der Waals surface area contributed by atoms with Crippen LogP contribution in [0.5, 0.6) is 0 Å². The molecule has 0 atom stereocenters. The van der Waals surface area contributed by atoms with Crippen molar-refractivity contribution in [3.63, 3.8) is 0 Å². The number of nitrogens with one attached hydrogen (secondary N) is 1. The Hall–Kier alpha value is -3.15. The SMILES string of the molecule is CN1C(=O)c2ccc(C(=O)NCCCN3CCc4ccccc43)cc2C1=O. The van der Waals surface area contributed by atoms with Crippen LogP contribution < -0.4 is 10.2 Å². The van der Waals surface area contributed by atoms with E-state index in [0.29, 0.717) is 23.2 Å². The average molecular weight is 363 g/mol. The van der Waals surface area contributed by atoms with Crippen LogP contribution in [0.1, 0.15) is 43.1 Å². The van der Waals surface area contributed by atoms with E-state index in [1.807, 2.05) is 0 Å². The fourth-order valence-corrected chi connectivity index (χ4v) is 3.72. The van der Waals surface area contributed by atoms with Gasteiger partial charge in [-0.3, -0.25) is 19.3 Å². The molecule has 0 unspecified atom stereocenters. The van der Waals surface area contributed by atoms with E-state index < -0.39 is 0 Å². The third-order valence-corrected chi connectivity index (χ3v) is 5.23. The summed E-state index contributed by atoms with van der Waals surface area (Å²) in [5.41, 5.74) is 3.71. The lowest BCUT2D eigenvalue weighted by Crippen LogP contribution is -2.29. The number of hydrogen-bond donors (Lipinski definition) is 1. The summed E-state index contributed by atoms with van der Waals surface area (Å²) in [6.07, 6.45) is 1.91. The summed E-state index contributed by atoms with van der Waals surface area (Å²) in [6.45, 7) is 2.46. The van der Waals surface area contributed by atoms with Crippen LogP contribution in [-0.4, -0.2) is 49.3 Å². The fraction of sp³-hybridized carbons (Fsp3) is 0.286. The van der Waals surface area contributed by atoms with Crippen molar-refractivity contribution < 1.29 is 14.4 Å². The first kappa shape index (κ1) is 17.3. The molecule has 6 heteroatoms. The van der Waals surface area contributed by atoms with Crippen LogP contribution in [0.2, 0.25) is 0 Å². The molecule has 2 aromatic carbocycles. The Kier molecular flexibility index (Phi) is 4.39. The molecular weight excluding hydrogens is 342 g/mol. The lowest BCUT2D eigenvalue weighted by molar-refractivity contribution is 0.0693. The van der Waals surface area contributed by atoms with Gasteiger partial charge in [-0.05, 0) is 42.7 Å². The van der Waals surface area contributed by atoms with Crippen molar-refractivity contribution in [3.8, 4) is 0 Å². The predicted octanol–water partition coefficient (Wildman–Crippen LogP) is 2.09. The van der Waals surface area contributed by atoms with Gasteiger partial charge in [-0.2, -0.15) is 0 Å². The molecule has 27 heavy (non-hydrogen) atoms. The Balaban J connectivity index is 1.32. The monoisotopic (exact) mass is 363 g/mol. The fourth-order valence-electron chi connectivity index (χ4n) is 3.72. The first-order chi connectivity index (χ1) is 13.1. The number of hydrogen-bond acceptors (Lipinski definition) is 4. The Bertz CT molecular complexity index is 938. The molecule has 0 aromatic heterocycles. The van der Waals surface area contributed by atoms with Crippen molar-refractivity contribution in [2.45, 2.75) is 12.8 Å². The van der Waals surface area contributed by atoms with Crippen LogP contribution in [0.25, 0.3) is 0 Å². The van der Waals surface area contributed by atoms with Crippen molar-refractivity contribution in [1.29, 1.82) is 0 Å². The van der Waals surface area contributed by atoms with Gasteiger partial charge in [0.15, 0.2) is 0 Å². The molecule has 0 spiro atoms. The van der Waals surface area contributed by atoms with Gasteiger partial charge >= 0.3 is 0 Å². The molecule has 2 aliphatic rings. The highest BCUT2D eigenvalue weighted by molar-refractivity contribution is 6.21. The molecule has 0 saturated carbocycles. The predicted molar refractivity (Wildman–Crippen MR) is 102 cm³/mol. The summed E-state index contributed by atoms with van der Waals surface area (Å²) in [4.78, 5) is 39.8. The van der Waals surface area contributed by atoms with E-state index in [2.05, 4.69) is 34.5 Å². The maximum atomic E-state index is 12.4. The molecule has 6 nitrogen and oxygen atoms in total. The molecule has 0 fully saturated rings. The van der Waals surface area contributed by atoms with Gasteiger partial charge in [-0.1, -0.05) is 18.2 Å². The van der Waals surface area contributed by atoms with Crippen molar-refractivity contribution >= 4 is 23.4 Å². The summed E-state index contributed by atoms with van der Waals surface area (Å²) < 4.78 is 0. The normalized spacial score (nSPS) is 15.1. The zero-order valence-electron chi connectivity index (χ0n) is 15.2. The van der Waals surface area contributed by atoms with Gasteiger partial charge in [0.1, 0.15) is 0 Å². The average Bonchev–Trinajstić information content (AvgIpc) is 3.20. The van der Waals surface area contributed by atoms with E-state index >= 15 is 0 Å². The number of fused-ring (bicyclic) bond motifs is 2. The van der Waals surface area contributed by atoms with Crippen LogP contribution in [0, 0.1) is 0 Å². The Morgan fingerprint density at radius 3 is 2.70 bits per heavy atom. The second-order valence-corrected chi connectivity index (χ2v) is 6.90. The lowest BCUT2D eigenvalue weighted by Gasteiger charge is -2.19. The Morgan fingerprint density at radius 2 is 1.85 bits per heavy atom. The van der Waals surface area contributed by atoms with E-state index in [9.17, 15) is 14.4 Å². The Morgan fingerprint density at radius 1 is 1.07 bits per heavy atom. The number of benzene rings is 2. The minimum atomic E-state index is -0.364. The van der Waals surface area contributed by atoms with Crippen LogP contribution in [-0.2, 0) is 6.42 Å². The largest absolute Gasteiger partial charge is 0.371 e. The third kappa shape index (κ3) is 3.07. The van der Waals surface area contributed by atoms with Crippen LogP contribution in [0.3, 0.4) is 0 Å². The van der Waals surface area contributed by atoms with Gasteiger partial charge < -0.3 is 10.2 Å². The number of carbonyl (C=O) groups excluding carboxylic acids is 3. The molecule has 1 N–H and O–H groups in total. The van der Waals surface area contributed by atoms with Crippen molar-refractivity contribution in [2.24, 2.45) is 0 Å². The van der Waals surface area contributed by atoms with Gasteiger partial charge in [0, 0.05) is 37.9 Å². The van der Waals surface area contributed by atoms with Crippen molar-refractivity contribution in [2.75, 3.05) is 31.6 Å². The van der Waals surface area contributed by atoms with Crippen molar-refractivity contribution in [3.05, 3.63) is 64.7 Å². The maximum absolute atomic E-state index is 12.4.